The van der Waals surface area contributed by atoms with Gasteiger partial charge in [0.1, 0.15) is 0 Å². The van der Waals surface area contributed by atoms with Crippen LogP contribution in [-0.4, -0.2) is 59.4 Å². The maximum atomic E-state index is 8.21. The SMILES string of the molecule is CCCCCCCCCCOCCOCCOCCOCCCCCCCCCCCCN=[N+]=[N-]. The van der Waals surface area contributed by atoms with Gasteiger partial charge in [0.25, 0.3) is 0 Å². The fraction of sp³-hybridized carbons (Fsp3) is 1.00. The van der Waals surface area contributed by atoms with E-state index in [0.717, 1.165) is 26.1 Å². The molecule has 0 aromatic carbocycles. The van der Waals surface area contributed by atoms with Crippen molar-refractivity contribution >= 4 is 0 Å². The Morgan fingerprint density at radius 3 is 1.11 bits per heavy atom. The van der Waals surface area contributed by atoms with Crippen molar-refractivity contribution in [2.45, 2.75) is 122 Å². The molecular weight excluding hydrogens is 442 g/mol. The second-order valence-corrected chi connectivity index (χ2v) is 9.41. The fourth-order valence-corrected chi connectivity index (χ4v) is 3.95. The van der Waals surface area contributed by atoms with Crippen molar-refractivity contribution in [1.82, 2.24) is 0 Å². The zero-order valence-corrected chi connectivity index (χ0v) is 23.1. The Kier molecular flexibility index (Phi) is 32.3. The van der Waals surface area contributed by atoms with Gasteiger partial charge in [0.05, 0.1) is 39.6 Å². The molecule has 0 saturated carbocycles. The van der Waals surface area contributed by atoms with E-state index >= 15 is 0 Å². The Bertz CT molecular complexity index is 434. The van der Waals surface area contributed by atoms with Crippen LogP contribution in [0, 0.1) is 0 Å². The molecule has 0 radical (unpaired) electrons. The van der Waals surface area contributed by atoms with Crippen LogP contribution in [-0.2, 0) is 18.9 Å². The molecule has 0 N–H and O–H groups in total. The highest BCUT2D eigenvalue weighted by atomic mass is 16.6. The maximum Gasteiger partial charge on any atom is 0.0701 e. The highest BCUT2D eigenvalue weighted by Crippen LogP contribution is 2.11. The standard InChI is InChI=1S/C28H57N3O4/c1-2-3-4-5-6-12-15-18-21-32-23-25-34-27-28-35-26-24-33-22-19-16-13-10-8-7-9-11-14-17-20-30-31-29/h2-28H2,1H3. The summed E-state index contributed by atoms with van der Waals surface area (Å²) in [4.78, 5) is 2.78. The summed E-state index contributed by atoms with van der Waals surface area (Å²) < 4.78 is 22.4. The molecule has 0 aliphatic carbocycles. The van der Waals surface area contributed by atoms with E-state index in [1.165, 1.54) is 103 Å². The molecule has 0 amide bonds. The van der Waals surface area contributed by atoms with E-state index in [9.17, 15) is 0 Å². The number of unbranched alkanes of at least 4 members (excludes halogenated alkanes) is 16. The van der Waals surface area contributed by atoms with E-state index in [4.69, 9.17) is 24.5 Å². The highest BCUT2D eigenvalue weighted by Gasteiger charge is 1.96. The summed E-state index contributed by atoms with van der Waals surface area (Å²) in [5.74, 6) is 0. The third-order valence-electron chi connectivity index (χ3n) is 6.12. The normalized spacial score (nSPS) is 11.1. The molecule has 0 bridgehead atoms. The zero-order chi connectivity index (χ0) is 25.3. The van der Waals surface area contributed by atoms with Crippen molar-refractivity contribution in [3.8, 4) is 0 Å². The highest BCUT2D eigenvalue weighted by molar-refractivity contribution is 4.51. The zero-order valence-electron chi connectivity index (χ0n) is 23.1. The quantitative estimate of drug-likeness (QED) is 0.0414. The lowest BCUT2D eigenvalue weighted by atomic mass is 10.1. The topological polar surface area (TPSA) is 85.7 Å². The Labute approximate surface area is 216 Å². The molecule has 0 unspecified atom stereocenters. The van der Waals surface area contributed by atoms with Gasteiger partial charge < -0.3 is 18.9 Å². The lowest BCUT2D eigenvalue weighted by molar-refractivity contribution is -0.00248. The Hall–Kier alpha value is -0.850. The first-order chi connectivity index (χ1) is 17.4. The second kappa shape index (κ2) is 33.1. The van der Waals surface area contributed by atoms with E-state index in [-0.39, 0.29) is 0 Å². The molecule has 0 aromatic rings. The number of rotatable bonds is 31. The molecule has 0 aromatic heterocycles. The van der Waals surface area contributed by atoms with E-state index in [0.29, 0.717) is 46.2 Å². The number of nitrogens with zero attached hydrogens (tertiary/aromatic N) is 3. The number of hydrogen-bond donors (Lipinski definition) is 0. The third kappa shape index (κ3) is 33.1. The van der Waals surface area contributed by atoms with Crippen molar-refractivity contribution in [2.75, 3.05) is 59.4 Å². The van der Waals surface area contributed by atoms with Gasteiger partial charge in [0.2, 0.25) is 0 Å². The van der Waals surface area contributed by atoms with Crippen LogP contribution in [0.3, 0.4) is 0 Å². The van der Waals surface area contributed by atoms with Crippen LogP contribution in [0.4, 0.5) is 0 Å². The second-order valence-electron chi connectivity index (χ2n) is 9.41. The van der Waals surface area contributed by atoms with E-state index in [1.807, 2.05) is 0 Å². The van der Waals surface area contributed by atoms with Crippen LogP contribution in [0.2, 0.25) is 0 Å². The molecule has 35 heavy (non-hydrogen) atoms. The van der Waals surface area contributed by atoms with E-state index in [1.54, 1.807) is 0 Å². The minimum absolute atomic E-state index is 0.620. The summed E-state index contributed by atoms with van der Waals surface area (Å²) in [6.07, 6.45) is 23.1. The first kappa shape index (κ1) is 34.1. The first-order valence-corrected chi connectivity index (χ1v) is 14.7. The fourth-order valence-electron chi connectivity index (χ4n) is 3.95. The molecule has 7 heteroatoms. The minimum atomic E-state index is 0.620. The lowest BCUT2D eigenvalue weighted by Crippen LogP contribution is -2.12. The largest absolute Gasteiger partial charge is 0.379 e. The molecule has 0 spiro atoms. The maximum absolute atomic E-state index is 8.21. The van der Waals surface area contributed by atoms with Crippen molar-refractivity contribution < 1.29 is 18.9 Å². The number of azide groups is 1. The Balaban J connectivity index is 3.01. The molecular formula is C28H57N3O4. The monoisotopic (exact) mass is 499 g/mol. The van der Waals surface area contributed by atoms with E-state index in [2.05, 4.69) is 16.9 Å². The lowest BCUT2D eigenvalue weighted by Gasteiger charge is -2.08. The van der Waals surface area contributed by atoms with Crippen molar-refractivity contribution in [1.29, 1.82) is 0 Å². The van der Waals surface area contributed by atoms with Crippen LogP contribution in [0.25, 0.3) is 10.4 Å². The molecule has 0 heterocycles. The van der Waals surface area contributed by atoms with Gasteiger partial charge in [-0.15, -0.1) is 0 Å². The predicted octanol–water partition coefficient (Wildman–Crippen LogP) is 8.40. The van der Waals surface area contributed by atoms with E-state index < -0.39 is 0 Å². The first-order valence-electron chi connectivity index (χ1n) is 14.7. The predicted molar refractivity (Wildman–Crippen MR) is 146 cm³/mol. The molecule has 208 valence electrons. The van der Waals surface area contributed by atoms with Crippen molar-refractivity contribution in [3.63, 3.8) is 0 Å². The molecule has 0 aliphatic heterocycles. The molecule has 0 aliphatic rings. The summed E-state index contributed by atoms with van der Waals surface area (Å²) in [5.41, 5.74) is 8.21. The molecule has 7 nitrogen and oxygen atoms in total. The van der Waals surface area contributed by atoms with Crippen LogP contribution in [0.5, 0.6) is 0 Å². The van der Waals surface area contributed by atoms with Gasteiger partial charge in [-0.3, -0.25) is 0 Å². The summed E-state index contributed by atoms with van der Waals surface area (Å²) in [6, 6.07) is 0. The molecule has 0 saturated heterocycles. The van der Waals surface area contributed by atoms with Gasteiger partial charge in [-0.2, -0.15) is 0 Å². The number of ether oxygens (including phenoxy) is 4. The van der Waals surface area contributed by atoms with Gasteiger partial charge in [-0.25, -0.2) is 0 Å². The Morgan fingerprint density at radius 1 is 0.429 bits per heavy atom. The van der Waals surface area contributed by atoms with Gasteiger partial charge in [-0.1, -0.05) is 108 Å². The van der Waals surface area contributed by atoms with Crippen LogP contribution < -0.4 is 0 Å². The van der Waals surface area contributed by atoms with Crippen molar-refractivity contribution in [2.24, 2.45) is 5.11 Å². The molecule has 0 fully saturated rings. The average molecular weight is 500 g/mol. The smallest absolute Gasteiger partial charge is 0.0701 e. The van der Waals surface area contributed by atoms with Crippen LogP contribution >= 0.6 is 0 Å². The van der Waals surface area contributed by atoms with Crippen molar-refractivity contribution in [3.05, 3.63) is 10.4 Å². The third-order valence-corrected chi connectivity index (χ3v) is 6.12. The van der Waals surface area contributed by atoms with Gasteiger partial charge in [-0.05, 0) is 24.8 Å². The molecule has 0 atom stereocenters. The number of hydrogen-bond acceptors (Lipinski definition) is 5. The van der Waals surface area contributed by atoms with Crippen LogP contribution in [0.15, 0.2) is 5.11 Å². The van der Waals surface area contributed by atoms with Gasteiger partial charge in [0, 0.05) is 24.7 Å². The van der Waals surface area contributed by atoms with Gasteiger partial charge >= 0.3 is 0 Å². The molecule has 0 rings (SSSR count). The van der Waals surface area contributed by atoms with Crippen LogP contribution in [0.1, 0.15) is 122 Å². The Morgan fingerprint density at radius 2 is 0.743 bits per heavy atom. The van der Waals surface area contributed by atoms with Gasteiger partial charge in [0.15, 0.2) is 0 Å². The summed E-state index contributed by atoms with van der Waals surface area (Å²) in [5, 5.41) is 3.56. The summed E-state index contributed by atoms with van der Waals surface area (Å²) in [7, 11) is 0. The summed E-state index contributed by atoms with van der Waals surface area (Å²) in [6.45, 7) is 8.48. The average Bonchev–Trinajstić information content (AvgIpc) is 2.87. The summed E-state index contributed by atoms with van der Waals surface area (Å²) >= 11 is 0. The minimum Gasteiger partial charge on any atom is -0.379 e.